The number of aldehydes is 1. The van der Waals surface area contributed by atoms with Crippen LogP contribution in [0.1, 0.15) is 48.8 Å². The van der Waals surface area contributed by atoms with Gasteiger partial charge in [-0.05, 0) is 37.7 Å². The predicted molar refractivity (Wildman–Crippen MR) is 102 cm³/mol. The van der Waals surface area contributed by atoms with Crippen LogP contribution in [0, 0.1) is 0 Å². The number of aryl methyl sites for hydroxylation is 1. The van der Waals surface area contributed by atoms with Gasteiger partial charge in [-0.2, -0.15) is 0 Å². The minimum atomic E-state index is 0.0909. The highest BCUT2D eigenvalue weighted by Crippen LogP contribution is 2.20. The molecule has 6 nitrogen and oxygen atoms in total. The van der Waals surface area contributed by atoms with Crippen LogP contribution in [0.4, 0.5) is 5.82 Å². The number of anilines is 1. The quantitative estimate of drug-likeness (QED) is 0.802. The number of aromatic nitrogens is 1. The van der Waals surface area contributed by atoms with Crippen molar-refractivity contribution in [2.75, 3.05) is 32.0 Å². The van der Waals surface area contributed by atoms with E-state index in [0.717, 1.165) is 36.8 Å². The summed E-state index contributed by atoms with van der Waals surface area (Å²) in [5.74, 6) is 0.739. The minimum Gasteiger partial charge on any atom is -0.347 e. The second kappa shape index (κ2) is 10.6. The van der Waals surface area contributed by atoms with Crippen LogP contribution in [-0.4, -0.2) is 53.7 Å². The molecule has 25 heavy (non-hydrogen) atoms. The van der Waals surface area contributed by atoms with E-state index in [1.807, 2.05) is 43.7 Å². The molecule has 2 rings (SSSR count). The van der Waals surface area contributed by atoms with Crippen molar-refractivity contribution in [3.63, 3.8) is 0 Å². The Kier molecular flexibility index (Phi) is 8.84. The van der Waals surface area contributed by atoms with Crippen LogP contribution in [0.5, 0.6) is 0 Å². The molecule has 0 unspecified atom stereocenters. The molecule has 0 bridgehead atoms. The Morgan fingerprint density at radius 3 is 2.64 bits per heavy atom. The fourth-order valence-corrected chi connectivity index (χ4v) is 2.78. The zero-order chi connectivity index (χ0) is 18.8. The van der Waals surface area contributed by atoms with Crippen LogP contribution < -0.4 is 5.32 Å². The van der Waals surface area contributed by atoms with Crippen molar-refractivity contribution in [2.45, 2.75) is 40.2 Å². The SMILES string of the molecule is C=CNc1nc(C=O)c(CN2CCCN(C)CC2=O)cc1CC.CC. The molecule has 1 amide bonds. The zero-order valence-electron chi connectivity index (χ0n) is 15.8. The van der Waals surface area contributed by atoms with Gasteiger partial charge in [-0.3, -0.25) is 14.5 Å². The van der Waals surface area contributed by atoms with Crippen LogP contribution in [0.15, 0.2) is 18.8 Å². The standard InChI is InChI=1S/C17H24N4O2.C2H6/c1-4-13-9-14(15(12-22)19-17(13)18-5-2)10-21-8-6-7-20(3)11-16(21)23;1-2/h5,9,12H,2,4,6-8,10-11H2,1,3H3,(H,18,19);1-2H3. The molecule has 0 spiro atoms. The summed E-state index contributed by atoms with van der Waals surface area (Å²) in [6.07, 6.45) is 4.01. The summed E-state index contributed by atoms with van der Waals surface area (Å²) in [6.45, 7) is 12.1. The number of likely N-dealkylation sites (N-methyl/N-ethyl adjacent to an activating group) is 1. The lowest BCUT2D eigenvalue weighted by Gasteiger charge is -2.22. The Morgan fingerprint density at radius 2 is 2.04 bits per heavy atom. The summed E-state index contributed by atoms with van der Waals surface area (Å²) in [4.78, 5) is 31.9. The third-order valence-corrected chi connectivity index (χ3v) is 4.03. The van der Waals surface area contributed by atoms with E-state index >= 15 is 0 Å². The second-order valence-corrected chi connectivity index (χ2v) is 5.77. The molecular weight excluding hydrogens is 316 g/mol. The van der Waals surface area contributed by atoms with Gasteiger partial charge in [0.1, 0.15) is 11.5 Å². The second-order valence-electron chi connectivity index (χ2n) is 5.77. The van der Waals surface area contributed by atoms with E-state index in [-0.39, 0.29) is 5.91 Å². The van der Waals surface area contributed by atoms with Crippen molar-refractivity contribution >= 4 is 18.0 Å². The zero-order valence-corrected chi connectivity index (χ0v) is 15.8. The molecule has 1 aliphatic heterocycles. The lowest BCUT2D eigenvalue weighted by atomic mass is 10.1. The maximum Gasteiger partial charge on any atom is 0.237 e. The van der Waals surface area contributed by atoms with Gasteiger partial charge in [0.15, 0.2) is 6.29 Å². The van der Waals surface area contributed by atoms with E-state index in [2.05, 4.69) is 16.9 Å². The highest BCUT2D eigenvalue weighted by atomic mass is 16.2. The maximum atomic E-state index is 12.3. The number of carbonyl (C=O) groups is 2. The predicted octanol–water partition coefficient (Wildman–Crippen LogP) is 2.70. The van der Waals surface area contributed by atoms with Crippen LogP contribution in [0.25, 0.3) is 0 Å². The van der Waals surface area contributed by atoms with Crippen molar-refractivity contribution in [3.05, 3.63) is 35.7 Å². The topological polar surface area (TPSA) is 65.5 Å². The van der Waals surface area contributed by atoms with Gasteiger partial charge in [0, 0.05) is 25.2 Å². The summed E-state index contributed by atoms with van der Waals surface area (Å²) in [5.41, 5.74) is 2.17. The number of hydrogen-bond acceptors (Lipinski definition) is 5. The lowest BCUT2D eigenvalue weighted by Crippen LogP contribution is -2.35. The molecule has 1 aromatic rings. The normalized spacial score (nSPS) is 15.0. The molecule has 138 valence electrons. The monoisotopic (exact) mass is 346 g/mol. The maximum absolute atomic E-state index is 12.3. The number of carbonyl (C=O) groups excluding carboxylic acids is 2. The highest BCUT2D eigenvalue weighted by Gasteiger charge is 2.21. The van der Waals surface area contributed by atoms with E-state index in [1.54, 1.807) is 6.20 Å². The van der Waals surface area contributed by atoms with Gasteiger partial charge in [-0.1, -0.05) is 27.4 Å². The Balaban J connectivity index is 0.00000151. The van der Waals surface area contributed by atoms with Crippen LogP contribution >= 0.6 is 0 Å². The van der Waals surface area contributed by atoms with Crippen molar-refractivity contribution in [3.8, 4) is 0 Å². The largest absolute Gasteiger partial charge is 0.347 e. The number of nitrogens with one attached hydrogen (secondary N) is 1. The van der Waals surface area contributed by atoms with E-state index in [0.29, 0.717) is 31.1 Å². The Morgan fingerprint density at radius 1 is 1.32 bits per heavy atom. The summed E-state index contributed by atoms with van der Waals surface area (Å²) in [6, 6.07) is 1.96. The van der Waals surface area contributed by atoms with Gasteiger partial charge in [0.2, 0.25) is 5.91 Å². The third kappa shape index (κ3) is 5.67. The Labute approximate surface area is 150 Å². The molecule has 0 aliphatic carbocycles. The molecule has 1 aromatic heterocycles. The third-order valence-electron chi connectivity index (χ3n) is 4.03. The number of rotatable bonds is 6. The minimum absolute atomic E-state index is 0.0909. The lowest BCUT2D eigenvalue weighted by molar-refractivity contribution is -0.131. The van der Waals surface area contributed by atoms with Gasteiger partial charge < -0.3 is 10.2 Å². The Hall–Kier alpha value is -2.21. The molecule has 0 atom stereocenters. The molecule has 1 N–H and O–H groups in total. The van der Waals surface area contributed by atoms with Gasteiger partial charge in [-0.15, -0.1) is 0 Å². The molecule has 6 heteroatoms. The molecule has 1 aliphatic rings. The smallest absolute Gasteiger partial charge is 0.237 e. The molecule has 1 fully saturated rings. The number of nitrogens with zero attached hydrogens (tertiary/aromatic N) is 3. The first-order valence-electron chi connectivity index (χ1n) is 8.90. The molecular formula is C19H30N4O2. The fraction of sp³-hybridized carbons (Fsp3) is 0.526. The number of pyridine rings is 1. The summed E-state index contributed by atoms with van der Waals surface area (Å²) in [7, 11) is 1.95. The molecule has 0 radical (unpaired) electrons. The summed E-state index contributed by atoms with van der Waals surface area (Å²) >= 11 is 0. The average Bonchev–Trinajstić information content (AvgIpc) is 2.78. The van der Waals surface area contributed by atoms with Crippen LogP contribution in [0.3, 0.4) is 0 Å². The molecule has 0 aromatic carbocycles. The van der Waals surface area contributed by atoms with Crippen molar-refractivity contribution in [1.82, 2.24) is 14.8 Å². The fourth-order valence-electron chi connectivity index (χ4n) is 2.78. The average molecular weight is 346 g/mol. The highest BCUT2D eigenvalue weighted by molar-refractivity contribution is 5.80. The van der Waals surface area contributed by atoms with Gasteiger partial charge in [0.25, 0.3) is 0 Å². The van der Waals surface area contributed by atoms with Gasteiger partial charge in [0.05, 0.1) is 6.54 Å². The first-order valence-corrected chi connectivity index (χ1v) is 8.90. The van der Waals surface area contributed by atoms with E-state index in [1.165, 1.54) is 0 Å². The molecule has 0 saturated carbocycles. The van der Waals surface area contributed by atoms with Crippen molar-refractivity contribution in [2.24, 2.45) is 0 Å². The molecule has 2 heterocycles. The number of amides is 1. The number of hydrogen-bond donors (Lipinski definition) is 1. The van der Waals surface area contributed by atoms with Crippen LogP contribution in [-0.2, 0) is 17.8 Å². The van der Waals surface area contributed by atoms with Gasteiger partial charge >= 0.3 is 0 Å². The van der Waals surface area contributed by atoms with Gasteiger partial charge in [-0.25, -0.2) is 4.98 Å². The first-order chi connectivity index (χ1) is 12.1. The van der Waals surface area contributed by atoms with E-state index < -0.39 is 0 Å². The Bertz CT molecular complexity index is 601. The summed E-state index contributed by atoms with van der Waals surface area (Å²) in [5, 5.41) is 2.96. The van der Waals surface area contributed by atoms with Crippen LogP contribution in [0.2, 0.25) is 0 Å². The first kappa shape index (κ1) is 20.8. The summed E-state index contributed by atoms with van der Waals surface area (Å²) < 4.78 is 0. The molecule has 1 saturated heterocycles. The van der Waals surface area contributed by atoms with E-state index in [9.17, 15) is 9.59 Å². The van der Waals surface area contributed by atoms with Crippen molar-refractivity contribution in [1.29, 1.82) is 0 Å². The van der Waals surface area contributed by atoms with E-state index in [4.69, 9.17) is 0 Å². The van der Waals surface area contributed by atoms with Crippen molar-refractivity contribution < 1.29 is 9.59 Å².